The fraction of sp³-hybridized carbons (Fsp3) is 0.233. The summed E-state index contributed by atoms with van der Waals surface area (Å²) in [5.41, 5.74) is 4.86. The van der Waals surface area contributed by atoms with Crippen LogP contribution in [0.5, 0.6) is 5.75 Å². The molecule has 198 valence electrons. The van der Waals surface area contributed by atoms with E-state index in [1.165, 1.54) is 12.1 Å². The van der Waals surface area contributed by atoms with Gasteiger partial charge in [-0.1, -0.05) is 36.4 Å². The van der Waals surface area contributed by atoms with E-state index in [9.17, 15) is 14.3 Å². The minimum Gasteiger partial charge on any atom is -0.507 e. The summed E-state index contributed by atoms with van der Waals surface area (Å²) >= 11 is 1.63. The van der Waals surface area contributed by atoms with E-state index in [-0.39, 0.29) is 30.6 Å². The summed E-state index contributed by atoms with van der Waals surface area (Å²) < 4.78 is 21.2. The van der Waals surface area contributed by atoms with Gasteiger partial charge in [-0.2, -0.15) is 0 Å². The summed E-state index contributed by atoms with van der Waals surface area (Å²) in [6, 6.07) is 20.1. The molecule has 2 N–H and O–H groups in total. The minimum absolute atomic E-state index is 0. The van der Waals surface area contributed by atoms with Crippen molar-refractivity contribution in [3.63, 3.8) is 0 Å². The molecule has 0 saturated heterocycles. The molecule has 2 heterocycles. The molecule has 0 bridgehead atoms. The number of benzene rings is 3. The first-order valence-electron chi connectivity index (χ1n) is 12.4. The van der Waals surface area contributed by atoms with Gasteiger partial charge in [0.2, 0.25) is 0 Å². The third-order valence-electron chi connectivity index (χ3n) is 6.55. The molecule has 38 heavy (non-hydrogen) atoms. The van der Waals surface area contributed by atoms with Crippen LogP contribution >= 0.6 is 24.2 Å². The zero-order valence-corrected chi connectivity index (χ0v) is 22.7. The lowest BCUT2D eigenvalue weighted by molar-refractivity contribution is 0.0527. The van der Waals surface area contributed by atoms with Crippen molar-refractivity contribution in [3.8, 4) is 5.75 Å². The first kappa shape index (κ1) is 27.8. The van der Waals surface area contributed by atoms with Crippen molar-refractivity contribution in [2.24, 2.45) is 0 Å². The van der Waals surface area contributed by atoms with E-state index >= 15 is 0 Å². The number of carbonyl (C=O) groups excluding carboxylic acids is 1. The molecular weight excluding hydrogens is 523 g/mol. The minimum atomic E-state index is -0.415. The van der Waals surface area contributed by atoms with Gasteiger partial charge in [0.05, 0.1) is 17.7 Å². The molecule has 5 nitrogen and oxygen atoms in total. The van der Waals surface area contributed by atoms with Crippen molar-refractivity contribution in [1.29, 1.82) is 0 Å². The number of nitrogens with one attached hydrogen (secondary N) is 1. The highest BCUT2D eigenvalue weighted by Gasteiger charge is 2.26. The molecule has 0 unspecified atom stereocenters. The van der Waals surface area contributed by atoms with Crippen molar-refractivity contribution in [3.05, 3.63) is 101 Å². The van der Waals surface area contributed by atoms with Gasteiger partial charge in [-0.15, -0.1) is 24.2 Å². The molecule has 0 aliphatic carbocycles. The quantitative estimate of drug-likeness (QED) is 0.186. The van der Waals surface area contributed by atoms with Crippen molar-refractivity contribution < 1.29 is 19.0 Å². The SMILES string of the molecule is CCOC(=O)c1c(CSc2ccccc2)n(Cc2ccc(F)cc2)c2cc(C3=CCNCC3)c(O)cc12.Cl. The Kier molecular flexibility index (Phi) is 9.15. The number of nitrogens with zero attached hydrogens (tertiary/aromatic N) is 1. The second kappa shape index (κ2) is 12.5. The number of phenols is 1. The second-order valence-electron chi connectivity index (χ2n) is 8.93. The topological polar surface area (TPSA) is 63.5 Å². The van der Waals surface area contributed by atoms with Gasteiger partial charge in [-0.3, -0.25) is 0 Å². The van der Waals surface area contributed by atoms with Gasteiger partial charge >= 0.3 is 5.97 Å². The second-order valence-corrected chi connectivity index (χ2v) is 9.98. The molecule has 0 spiro atoms. The van der Waals surface area contributed by atoms with Crippen LogP contribution < -0.4 is 5.32 Å². The van der Waals surface area contributed by atoms with Crippen LogP contribution in [-0.2, 0) is 17.0 Å². The lowest BCUT2D eigenvalue weighted by Gasteiger charge is -2.16. The number of carbonyl (C=O) groups is 1. The van der Waals surface area contributed by atoms with E-state index < -0.39 is 5.97 Å². The Hall–Kier alpha value is -3.26. The highest BCUT2D eigenvalue weighted by molar-refractivity contribution is 7.98. The molecule has 0 amide bonds. The number of halogens is 2. The third-order valence-corrected chi connectivity index (χ3v) is 7.57. The van der Waals surface area contributed by atoms with Gasteiger partial charge in [0.15, 0.2) is 0 Å². The molecule has 3 aromatic carbocycles. The van der Waals surface area contributed by atoms with Gasteiger partial charge in [0.25, 0.3) is 0 Å². The monoisotopic (exact) mass is 552 g/mol. The van der Waals surface area contributed by atoms with Gasteiger partial charge < -0.3 is 19.7 Å². The number of hydrogen-bond acceptors (Lipinski definition) is 5. The zero-order valence-electron chi connectivity index (χ0n) is 21.1. The number of fused-ring (bicyclic) bond motifs is 1. The fourth-order valence-electron chi connectivity index (χ4n) is 4.76. The number of rotatable bonds is 8. The van der Waals surface area contributed by atoms with Gasteiger partial charge in [-0.05, 0) is 67.4 Å². The molecule has 0 saturated carbocycles. The van der Waals surface area contributed by atoms with Crippen LogP contribution in [0.15, 0.2) is 77.7 Å². The smallest absolute Gasteiger partial charge is 0.340 e. The number of aromatic hydroxyl groups is 1. The standard InChI is InChI=1S/C30H29FN2O3S.ClH/c1-2-36-30(35)29-25-17-28(34)24(21-12-14-32-15-13-21)16-26(25)33(18-20-8-10-22(31)11-9-20)27(29)19-37-23-6-4-3-5-7-23;/h3-12,16-17,32,34H,2,13-15,18-19H2,1H3;1H. The summed E-state index contributed by atoms with van der Waals surface area (Å²) in [7, 11) is 0. The van der Waals surface area contributed by atoms with Crippen molar-refractivity contribution in [2.75, 3.05) is 19.7 Å². The third kappa shape index (κ3) is 5.90. The lowest BCUT2D eigenvalue weighted by atomic mass is 9.97. The Morgan fingerprint density at radius 3 is 2.58 bits per heavy atom. The highest BCUT2D eigenvalue weighted by atomic mass is 35.5. The summed E-state index contributed by atoms with van der Waals surface area (Å²) in [6.07, 6.45) is 2.90. The summed E-state index contributed by atoms with van der Waals surface area (Å²) in [4.78, 5) is 14.4. The molecule has 5 rings (SSSR count). The Labute approximate surface area is 232 Å². The van der Waals surface area contributed by atoms with E-state index in [2.05, 4.69) is 16.0 Å². The molecule has 1 aromatic heterocycles. The summed E-state index contributed by atoms with van der Waals surface area (Å²) in [5.74, 6) is -0.0376. The molecule has 0 fully saturated rings. The number of esters is 1. The van der Waals surface area contributed by atoms with Crippen LogP contribution in [0.1, 0.15) is 40.5 Å². The number of thioether (sulfide) groups is 1. The normalized spacial score (nSPS) is 13.2. The van der Waals surface area contributed by atoms with Crippen LogP contribution in [0.25, 0.3) is 16.5 Å². The Bertz CT molecular complexity index is 1450. The van der Waals surface area contributed by atoms with E-state index in [4.69, 9.17) is 4.74 Å². The maximum atomic E-state index is 13.7. The Balaban J connectivity index is 0.00000336. The van der Waals surface area contributed by atoms with Crippen LogP contribution in [-0.4, -0.2) is 35.3 Å². The van der Waals surface area contributed by atoms with Crippen LogP contribution in [0.2, 0.25) is 0 Å². The van der Waals surface area contributed by atoms with E-state index in [0.717, 1.165) is 52.3 Å². The van der Waals surface area contributed by atoms with Gasteiger partial charge in [0.1, 0.15) is 11.6 Å². The number of ether oxygens (including phenoxy) is 1. The molecular formula is C30H30ClFN2O3S. The Morgan fingerprint density at radius 2 is 1.89 bits per heavy atom. The van der Waals surface area contributed by atoms with Gasteiger partial charge in [0, 0.05) is 40.4 Å². The molecule has 1 aliphatic rings. The average Bonchev–Trinajstić information content (AvgIpc) is 3.21. The summed E-state index contributed by atoms with van der Waals surface area (Å²) in [6.45, 7) is 4.07. The molecule has 4 aromatic rings. The van der Waals surface area contributed by atoms with Gasteiger partial charge in [-0.25, -0.2) is 9.18 Å². The maximum Gasteiger partial charge on any atom is 0.340 e. The van der Waals surface area contributed by atoms with Crippen molar-refractivity contribution in [1.82, 2.24) is 9.88 Å². The largest absolute Gasteiger partial charge is 0.507 e. The van der Waals surface area contributed by atoms with E-state index in [0.29, 0.717) is 23.2 Å². The molecule has 8 heteroatoms. The van der Waals surface area contributed by atoms with E-state index in [1.807, 2.05) is 36.4 Å². The number of phenolic OH excluding ortho intramolecular Hbond substituents is 1. The van der Waals surface area contributed by atoms with E-state index in [1.54, 1.807) is 36.9 Å². The first-order valence-corrected chi connectivity index (χ1v) is 13.4. The fourth-order valence-corrected chi connectivity index (χ4v) is 5.72. The summed E-state index contributed by atoms with van der Waals surface area (Å²) in [5, 5.41) is 15.0. The van der Waals surface area contributed by atoms with Crippen molar-refractivity contribution in [2.45, 2.75) is 30.5 Å². The average molecular weight is 553 g/mol. The van der Waals surface area contributed by atoms with Crippen LogP contribution in [0, 0.1) is 5.82 Å². The predicted octanol–water partition coefficient (Wildman–Crippen LogP) is 6.80. The Morgan fingerprint density at radius 1 is 1.13 bits per heavy atom. The molecule has 0 atom stereocenters. The number of aromatic nitrogens is 1. The number of hydrogen-bond donors (Lipinski definition) is 2. The van der Waals surface area contributed by atoms with Crippen LogP contribution in [0.4, 0.5) is 4.39 Å². The maximum absolute atomic E-state index is 13.7. The van der Waals surface area contributed by atoms with Crippen LogP contribution in [0.3, 0.4) is 0 Å². The highest BCUT2D eigenvalue weighted by Crippen LogP contribution is 2.39. The lowest BCUT2D eigenvalue weighted by Crippen LogP contribution is -2.20. The zero-order chi connectivity index (χ0) is 25.8. The first-order chi connectivity index (χ1) is 18.0. The molecule has 0 radical (unpaired) electrons. The predicted molar refractivity (Wildman–Crippen MR) is 154 cm³/mol. The van der Waals surface area contributed by atoms with Crippen molar-refractivity contribution >= 4 is 46.6 Å². The molecule has 1 aliphatic heterocycles.